The monoisotopic (exact) mass is 219 g/mol. The van der Waals surface area contributed by atoms with Gasteiger partial charge in [0.25, 0.3) is 0 Å². The predicted octanol–water partition coefficient (Wildman–Crippen LogP) is 1.96. The van der Waals surface area contributed by atoms with Gasteiger partial charge in [0, 0.05) is 0 Å². The SMILES string of the molecule is NCC1(CC2COc3ccccc3O2)CC1. The van der Waals surface area contributed by atoms with Crippen LogP contribution in [0.25, 0.3) is 0 Å². The first-order valence-electron chi connectivity index (χ1n) is 5.90. The highest BCUT2D eigenvalue weighted by atomic mass is 16.6. The maximum Gasteiger partial charge on any atom is 0.161 e. The summed E-state index contributed by atoms with van der Waals surface area (Å²) in [6.07, 6.45) is 3.68. The van der Waals surface area contributed by atoms with Crippen molar-refractivity contribution in [2.75, 3.05) is 13.2 Å². The van der Waals surface area contributed by atoms with E-state index >= 15 is 0 Å². The molecule has 2 N–H and O–H groups in total. The fraction of sp³-hybridized carbons (Fsp3) is 0.538. The molecule has 1 heterocycles. The summed E-state index contributed by atoms with van der Waals surface area (Å²) in [4.78, 5) is 0. The molecule has 1 atom stereocenters. The second kappa shape index (κ2) is 3.67. The minimum Gasteiger partial charge on any atom is -0.486 e. The number of benzene rings is 1. The zero-order valence-corrected chi connectivity index (χ0v) is 9.32. The Morgan fingerprint density at radius 1 is 1.25 bits per heavy atom. The molecule has 0 amide bonds. The average molecular weight is 219 g/mol. The first kappa shape index (κ1) is 9.97. The van der Waals surface area contributed by atoms with Crippen LogP contribution in [-0.2, 0) is 0 Å². The van der Waals surface area contributed by atoms with E-state index in [0.717, 1.165) is 24.5 Å². The van der Waals surface area contributed by atoms with Gasteiger partial charge in [-0.1, -0.05) is 12.1 Å². The highest BCUT2D eigenvalue weighted by Crippen LogP contribution is 2.49. The average Bonchev–Trinajstić information content (AvgIpc) is 3.09. The van der Waals surface area contributed by atoms with E-state index in [1.54, 1.807) is 0 Å². The zero-order valence-electron chi connectivity index (χ0n) is 9.32. The number of fused-ring (bicyclic) bond motifs is 1. The molecule has 0 spiro atoms. The van der Waals surface area contributed by atoms with Crippen molar-refractivity contribution in [3.05, 3.63) is 24.3 Å². The van der Waals surface area contributed by atoms with Crippen LogP contribution in [0.1, 0.15) is 19.3 Å². The fourth-order valence-corrected chi connectivity index (χ4v) is 2.31. The topological polar surface area (TPSA) is 44.5 Å². The fourth-order valence-electron chi connectivity index (χ4n) is 2.31. The molecule has 16 heavy (non-hydrogen) atoms. The van der Waals surface area contributed by atoms with Gasteiger partial charge in [-0.2, -0.15) is 0 Å². The Hall–Kier alpha value is -1.22. The maximum absolute atomic E-state index is 5.93. The molecule has 1 aliphatic carbocycles. The van der Waals surface area contributed by atoms with Crippen molar-refractivity contribution in [3.63, 3.8) is 0 Å². The molecule has 0 radical (unpaired) electrons. The van der Waals surface area contributed by atoms with Gasteiger partial charge in [0.1, 0.15) is 12.7 Å². The van der Waals surface area contributed by atoms with Crippen molar-refractivity contribution in [1.82, 2.24) is 0 Å². The quantitative estimate of drug-likeness (QED) is 0.845. The van der Waals surface area contributed by atoms with Crippen LogP contribution in [0.3, 0.4) is 0 Å². The molecule has 1 aliphatic heterocycles. The van der Waals surface area contributed by atoms with Gasteiger partial charge in [-0.15, -0.1) is 0 Å². The normalized spacial score (nSPS) is 25.2. The van der Waals surface area contributed by atoms with Gasteiger partial charge in [-0.3, -0.25) is 0 Å². The third-order valence-corrected chi connectivity index (χ3v) is 3.62. The van der Waals surface area contributed by atoms with E-state index in [9.17, 15) is 0 Å². The summed E-state index contributed by atoms with van der Waals surface area (Å²) in [5, 5.41) is 0. The van der Waals surface area contributed by atoms with Crippen LogP contribution in [0, 0.1) is 5.41 Å². The van der Waals surface area contributed by atoms with E-state index in [1.165, 1.54) is 12.8 Å². The predicted molar refractivity (Wildman–Crippen MR) is 61.7 cm³/mol. The third kappa shape index (κ3) is 1.76. The van der Waals surface area contributed by atoms with Crippen molar-refractivity contribution in [2.24, 2.45) is 11.1 Å². The van der Waals surface area contributed by atoms with Crippen LogP contribution in [0.5, 0.6) is 11.5 Å². The van der Waals surface area contributed by atoms with E-state index < -0.39 is 0 Å². The van der Waals surface area contributed by atoms with Crippen LogP contribution in [-0.4, -0.2) is 19.3 Å². The molecule has 1 fully saturated rings. The Morgan fingerprint density at radius 2 is 2.00 bits per heavy atom. The molecule has 3 rings (SSSR count). The molecule has 0 bridgehead atoms. The van der Waals surface area contributed by atoms with Gasteiger partial charge >= 0.3 is 0 Å². The Kier molecular flexibility index (Phi) is 2.28. The standard InChI is InChI=1S/C13H17NO2/c14-9-13(5-6-13)7-10-8-15-11-3-1-2-4-12(11)16-10/h1-4,10H,5-9,14H2. The van der Waals surface area contributed by atoms with E-state index in [-0.39, 0.29) is 6.10 Å². The Balaban J connectivity index is 1.69. The summed E-state index contributed by atoms with van der Waals surface area (Å²) in [5.41, 5.74) is 6.13. The van der Waals surface area contributed by atoms with Gasteiger partial charge in [-0.25, -0.2) is 0 Å². The number of hydrogen-bond donors (Lipinski definition) is 1. The molecular formula is C13H17NO2. The molecule has 3 heteroatoms. The van der Waals surface area contributed by atoms with Crippen molar-refractivity contribution in [1.29, 1.82) is 0 Å². The van der Waals surface area contributed by atoms with Crippen molar-refractivity contribution in [3.8, 4) is 11.5 Å². The number of ether oxygens (including phenoxy) is 2. The smallest absolute Gasteiger partial charge is 0.161 e. The lowest BCUT2D eigenvalue weighted by Gasteiger charge is -2.28. The maximum atomic E-state index is 5.93. The van der Waals surface area contributed by atoms with Crippen molar-refractivity contribution < 1.29 is 9.47 Å². The van der Waals surface area contributed by atoms with Crippen LogP contribution in [0.2, 0.25) is 0 Å². The molecule has 1 aromatic rings. The molecule has 0 saturated heterocycles. The van der Waals surface area contributed by atoms with E-state index in [2.05, 4.69) is 0 Å². The summed E-state index contributed by atoms with van der Waals surface area (Å²) >= 11 is 0. The third-order valence-electron chi connectivity index (χ3n) is 3.62. The minimum absolute atomic E-state index is 0.168. The summed E-state index contributed by atoms with van der Waals surface area (Å²) in [5.74, 6) is 1.72. The molecule has 2 aliphatic rings. The van der Waals surface area contributed by atoms with Gasteiger partial charge in [0.05, 0.1) is 0 Å². The summed E-state index contributed by atoms with van der Waals surface area (Å²) in [7, 11) is 0. The zero-order chi connectivity index (χ0) is 11.0. The molecule has 1 saturated carbocycles. The lowest BCUT2D eigenvalue weighted by molar-refractivity contribution is 0.0695. The second-order valence-electron chi connectivity index (χ2n) is 4.91. The minimum atomic E-state index is 0.168. The van der Waals surface area contributed by atoms with Gasteiger partial charge in [0.2, 0.25) is 0 Å². The lowest BCUT2D eigenvalue weighted by atomic mass is 9.98. The van der Waals surface area contributed by atoms with Gasteiger partial charge in [-0.05, 0) is 43.4 Å². The van der Waals surface area contributed by atoms with Crippen LogP contribution in [0.4, 0.5) is 0 Å². The van der Waals surface area contributed by atoms with Crippen LogP contribution in [0.15, 0.2) is 24.3 Å². The lowest BCUT2D eigenvalue weighted by Crippen LogP contribution is -2.33. The number of rotatable bonds is 3. The number of para-hydroxylation sites is 2. The Bertz CT molecular complexity index is 387. The molecule has 1 unspecified atom stereocenters. The summed E-state index contributed by atoms with van der Waals surface area (Å²) < 4.78 is 11.6. The van der Waals surface area contributed by atoms with Gasteiger partial charge < -0.3 is 15.2 Å². The largest absolute Gasteiger partial charge is 0.486 e. The Labute approximate surface area is 95.5 Å². The molecule has 86 valence electrons. The van der Waals surface area contributed by atoms with E-state index in [0.29, 0.717) is 12.0 Å². The highest BCUT2D eigenvalue weighted by molar-refractivity contribution is 5.40. The summed E-state index contributed by atoms with van der Waals surface area (Å²) in [6, 6.07) is 7.84. The van der Waals surface area contributed by atoms with E-state index in [1.807, 2.05) is 24.3 Å². The Morgan fingerprint density at radius 3 is 2.69 bits per heavy atom. The molecular weight excluding hydrogens is 202 g/mol. The molecule has 0 aromatic heterocycles. The van der Waals surface area contributed by atoms with Crippen LogP contribution < -0.4 is 15.2 Å². The number of hydrogen-bond acceptors (Lipinski definition) is 3. The summed E-state index contributed by atoms with van der Waals surface area (Å²) in [6.45, 7) is 1.42. The highest BCUT2D eigenvalue weighted by Gasteiger charge is 2.44. The van der Waals surface area contributed by atoms with Crippen molar-refractivity contribution in [2.45, 2.75) is 25.4 Å². The van der Waals surface area contributed by atoms with Gasteiger partial charge in [0.15, 0.2) is 11.5 Å². The van der Waals surface area contributed by atoms with E-state index in [4.69, 9.17) is 15.2 Å². The van der Waals surface area contributed by atoms with Crippen molar-refractivity contribution >= 4 is 0 Å². The number of nitrogens with two attached hydrogens (primary N) is 1. The molecule has 3 nitrogen and oxygen atoms in total. The second-order valence-corrected chi connectivity index (χ2v) is 4.91. The molecule has 1 aromatic carbocycles. The first-order valence-corrected chi connectivity index (χ1v) is 5.90. The van der Waals surface area contributed by atoms with Crippen LogP contribution >= 0.6 is 0 Å². The first-order chi connectivity index (χ1) is 7.81.